The Morgan fingerprint density at radius 1 is 1.48 bits per heavy atom. The Balaban J connectivity index is 2.52. The van der Waals surface area contributed by atoms with E-state index in [-0.39, 0.29) is 5.56 Å². The van der Waals surface area contributed by atoms with E-state index in [0.29, 0.717) is 27.9 Å². The largest absolute Gasteiger partial charge is 0.591 e. The monoisotopic (exact) mass is 455 g/mol. The highest BCUT2D eigenvalue weighted by molar-refractivity contribution is 14.1. The molecular formula is C16H20F2INO2S. The van der Waals surface area contributed by atoms with Crippen LogP contribution in [0.15, 0.2) is 10.5 Å². The van der Waals surface area contributed by atoms with Crippen molar-refractivity contribution in [3.8, 4) is 5.75 Å². The van der Waals surface area contributed by atoms with E-state index in [1.807, 2.05) is 6.92 Å². The van der Waals surface area contributed by atoms with Gasteiger partial charge in [0.15, 0.2) is 11.6 Å². The lowest BCUT2D eigenvalue weighted by atomic mass is 9.98. The summed E-state index contributed by atoms with van der Waals surface area (Å²) in [6.07, 6.45) is 0.303. The summed E-state index contributed by atoms with van der Waals surface area (Å²) in [5.41, 5.74) is 0.405. The molecule has 2 rings (SSSR count). The molecule has 128 valence electrons. The molecule has 2 atom stereocenters. The van der Waals surface area contributed by atoms with Gasteiger partial charge in [0, 0.05) is 22.0 Å². The zero-order valence-corrected chi connectivity index (χ0v) is 16.8. The van der Waals surface area contributed by atoms with Crippen LogP contribution in [0.25, 0.3) is 0 Å². The Labute approximate surface area is 152 Å². The molecule has 0 spiro atoms. The number of rotatable bonds is 3. The lowest BCUT2D eigenvalue weighted by molar-refractivity contribution is 0.147. The maximum Gasteiger partial charge on any atom is 0.165 e. The molecule has 0 saturated carbocycles. The number of benzene rings is 1. The summed E-state index contributed by atoms with van der Waals surface area (Å²) in [6.45, 7) is 8.91. The smallest absolute Gasteiger partial charge is 0.165 e. The minimum absolute atomic E-state index is 0.232. The van der Waals surface area contributed by atoms with Gasteiger partial charge >= 0.3 is 0 Å². The summed E-state index contributed by atoms with van der Waals surface area (Å²) >= 11 is 0.682. The first kappa shape index (κ1) is 18.9. The van der Waals surface area contributed by atoms with Crippen LogP contribution in [0.4, 0.5) is 8.78 Å². The lowest BCUT2D eigenvalue weighted by Crippen LogP contribution is -2.32. The molecule has 0 amide bonds. The van der Waals surface area contributed by atoms with Gasteiger partial charge in [0.2, 0.25) is 0 Å². The summed E-state index contributed by atoms with van der Waals surface area (Å²) in [6, 6.07) is 1.08. The third-order valence-electron chi connectivity index (χ3n) is 3.58. The molecule has 7 heteroatoms. The highest BCUT2D eigenvalue weighted by atomic mass is 127. The van der Waals surface area contributed by atoms with Crippen LogP contribution in [-0.4, -0.2) is 25.0 Å². The lowest BCUT2D eigenvalue weighted by Gasteiger charge is -2.22. The summed E-state index contributed by atoms with van der Waals surface area (Å²) in [5.74, 6) is -1.49. The van der Waals surface area contributed by atoms with Gasteiger partial charge in [-0.2, -0.15) is 0 Å². The van der Waals surface area contributed by atoms with Crippen molar-refractivity contribution in [1.29, 1.82) is 0 Å². The Hall–Kier alpha value is -0.410. The second-order valence-electron chi connectivity index (χ2n) is 6.93. The number of halogens is 3. The van der Waals surface area contributed by atoms with E-state index in [0.717, 1.165) is 6.07 Å². The highest BCUT2D eigenvalue weighted by Gasteiger charge is 2.39. The van der Waals surface area contributed by atoms with Gasteiger partial charge in [-0.15, -0.1) is 0 Å². The van der Waals surface area contributed by atoms with Gasteiger partial charge in [0.1, 0.15) is 27.5 Å². The second kappa shape index (κ2) is 6.48. The van der Waals surface area contributed by atoms with Gasteiger partial charge in [0.05, 0.1) is 5.71 Å². The molecule has 1 aromatic rings. The number of alkyl halides is 1. The van der Waals surface area contributed by atoms with Crippen molar-refractivity contribution in [2.24, 2.45) is 4.40 Å². The van der Waals surface area contributed by atoms with Crippen LogP contribution >= 0.6 is 22.6 Å². The fourth-order valence-electron chi connectivity index (χ4n) is 2.25. The van der Waals surface area contributed by atoms with E-state index >= 15 is 0 Å². The molecule has 0 fully saturated rings. The Kier molecular flexibility index (Phi) is 5.33. The molecule has 1 unspecified atom stereocenters. The molecule has 3 nitrogen and oxygen atoms in total. The average Bonchev–Trinajstić information content (AvgIpc) is 2.80. The SMILES string of the molecule is CC(=N[S@+]([O-])C(C)(C)C)c1cc(F)c(F)c2c1OC(C)(CI)C2. The molecule has 1 aliphatic rings. The summed E-state index contributed by atoms with van der Waals surface area (Å²) in [5, 5.41) is 0. The van der Waals surface area contributed by atoms with Crippen molar-refractivity contribution in [1.82, 2.24) is 0 Å². The van der Waals surface area contributed by atoms with Crippen LogP contribution in [0.1, 0.15) is 45.7 Å². The van der Waals surface area contributed by atoms with Crippen molar-refractivity contribution >= 4 is 39.7 Å². The Bertz CT molecular complexity index is 660. The molecule has 0 bridgehead atoms. The molecule has 0 aliphatic carbocycles. The van der Waals surface area contributed by atoms with Crippen LogP contribution in [0.3, 0.4) is 0 Å². The molecular weight excluding hydrogens is 435 g/mol. The number of fused-ring (bicyclic) bond motifs is 1. The van der Waals surface area contributed by atoms with Gasteiger partial charge in [-0.1, -0.05) is 27.0 Å². The van der Waals surface area contributed by atoms with Crippen LogP contribution in [-0.2, 0) is 17.8 Å². The predicted molar refractivity (Wildman–Crippen MR) is 98.1 cm³/mol. The molecule has 0 saturated heterocycles. The van der Waals surface area contributed by atoms with Crippen molar-refractivity contribution in [2.75, 3.05) is 4.43 Å². The molecule has 0 N–H and O–H groups in total. The normalized spacial score (nSPS) is 22.7. The molecule has 0 radical (unpaired) electrons. The van der Waals surface area contributed by atoms with Gasteiger partial charge in [0.25, 0.3) is 0 Å². The maximum atomic E-state index is 14.1. The van der Waals surface area contributed by atoms with Crippen molar-refractivity contribution in [2.45, 2.75) is 51.4 Å². The van der Waals surface area contributed by atoms with Gasteiger partial charge in [-0.3, -0.25) is 0 Å². The van der Waals surface area contributed by atoms with Crippen LogP contribution in [0.5, 0.6) is 5.75 Å². The molecule has 0 aromatic heterocycles. The first-order valence-corrected chi connectivity index (χ1v) is 9.85. The predicted octanol–water partition coefficient (Wildman–Crippen LogP) is 4.36. The third kappa shape index (κ3) is 3.82. The van der Waals surface area contributed by atoms with E-state index in [1.54, 1.807) is 27.7 Å². The van der Waals surface area contributed by atoms with Crippen molar-refractivity contribution in [3.05, 3.63) is 28.8 Å². The zero-order chi connectivity index (χ0) is 17.6. The summed E-state index contributed by atoms with van der Waals surface area (Å²) in [7, 11) is 0. The second-order valence-corrected chi connectivity index (χ2v) is 9.60. The van der Waals surface area contributed by atoms with Crippen LogP contribution in [0.2, 0.25) is 0 Å². The average molecular weight is 455 g/mol. The van der Waals surface area contributed by atoms with Gasteiger partial charge < -0.3 is 9.29 Å². The van der Waals surface area contributed by atoms with E-state index in [1.165, 1.54) is 0 Å². The number of hydrogen-bond donors (Lipinski definition) is 0. The quantitative estimate of drug-likeness (QED) is 0.294. The van der Waals surface area contributed by atoms with E-state index in [2.05, 4.69) is 27.0 Å². The molecule has 1 heterocycles. The van der Waals surface area contributed by atoms with E-state index in [4.69, 9.17) is 4.74 Å². The Morgan fingerprint density at radius 3 is 2.61 bits per heavy atom. The van der Waals surface area contributed by atoms with E-state index < -0.39 is 33.3 Å². The molecule has 1 aromatic carbocycles. The van der Waals surface area contributed by atoms with Crippen LogP contribution < -0.4 is 4.74 Å². The minimum atomic E-state index is -1.48. The third-order valence-corrected chi connectivity index (χ3v) is 6.68. The molecule has 1 aliphatic heterocycles. The first-order chi connectivity index (χ1) is 10.5. The van der Waals surface area contributed by atoms with Gasteiger partial charge in [-0.05, 0) is 40.7 Å². The maximum absolute atomic E-state index is 14.1. The van der Waals surface area contributed by atoms with Crippen molar-refractivity contribution < 1.29 is 18.1 Å². The summed E-state index contributed by atoms with van der Waals surface area (Å²) < 4.78 is 50.5. The Morgan fingerprint density at radius 2 is 2.09 bits per heavy atom. The first-order valence-electron chi connectivity index (χ1n) is 7.22. The number of nitrogens with zero attached hydrogens (tertiary/aromatic N) is 1. The van der Waals surface area contributed by atoms with Crippen molar-refractivity contribution in [3.63, 3.8) is 0 Å². The number of ether oxygens (including phenoxy) is 1. The minimum Gasteiger partial charge on any atom is -0.591 e. The number of hydrogen-bond acceptors (Lipinski definition) is 3. The fourth-order valence-corrected chi connectivity index (χ4v) is 3.29. The summed E-state index contributed by atoms with van der Waals surface area (Å²) in [4.78, 5) is 0. The zero-order valence-electron chi connectivity index (χ0n) is 13.8. The van der Waals surface area contributed by atoms with Crippen LogP contribution in [0, 0.1) is 11.6 Å². The van der Waals surface area contributed by atoms with E-state index in [9.17, 15) is 13.3 Å². The topological polar surface area (TPSA) is 44.7 Å². The fraction of sp³-hybridized carbons (Fsp3) is 0.562. The standard InChI is InChI=1S/C16H20F2INO2S/c1-9(20-23(21)15(2,3)4)10-6-12(17)13(18)11-7-16(5,8-19)22-14(10)11/h6H,7-8H2,1-5H3/t16?,23-/m1/s1. The highest BCUT2D eigenvalue weighted by Crippen LogP contribution is 2.41. The van der Waals surface area contributed by atoms with Gasteiger partial charge in [-0.25, -0.2) is 8.78 Å². The molecule has 23 heavy (non-hydrogen) atoms.